The zero-order valence-electron chi connectivity index (χ0n) is 10.8. The van der Waals surface area contributed by atoms with Gasteiger partial charge in [-0.2, -0.15) is 5.10 Å². The molecule has 2 aromatic heterocycles. The van der Waals surface area contributed by atoms with Crippen molar-refractivity contribution in [3.8, 4) is 11.6 Å². The molecule has 0 bridgehead atoms. The Bertz CT molecular complexity index is 808. The van der Waals surface area contributed by atoms with Gasteiger partial charge < -0.3 is 5.11 Å². The standard InChI is InChI=1S/C14H13N3O2S/c1-2-20-14-12-10(8-11(18)15-13(12)19)16-17(14)9-6-4-3-5-7-9/h3-8,18H,2H2,1H3,(H,15,19). The zero-order valence-corrected chi connectivity index (χ0v) is 11.6. The van der Waals surface area contributed by atoms with Gasteiger partial charge in [0.05, 0.1) is 11.1 Å². The Labute approximate surface area is 119 Å². The van der Waals surface area contributed by atoms with Crippen LogP contribution in [0.15, 0.2) is 46.2 Å². The van der Waals surface area contributed by atoms with Gasteiger partial charge in [0, 0.05) is 6.07 Å². The number of rotatable bonds is 3. The molecule has 0 amide bonds. The summed E-state index contributed by atoms with van der Waals surface area (Å²) in [7, 11) is 0. The Kier molecular flexibility index (Phi) is 3.23. The minimum absolute atomic E-state index is 0.173. The number of H-pyrrole nitrogens is 1. The number of thioether (sulfide) groups is 1. The molecular weight excluding hydrogens is 274 g/mol. The summed E-state index contributed by atoms with van der Waals surface area (Å²) < 4.78 is 1.74. The van der Waals surface area contributed by atoms with E-state index in [1.165, 1.54) is 6.07 Å². The minimum Gasteiger partial charge on any atom is -0.494 e. The van der Waals surface area contributed by atoms with Gasteiger partial charge in [0.1, 0.15) is 10.5 Å². The van der Waals surface area contributed by atoms with Crippen molar-refractivity contribution < 1.29 is 5.11 Å². The summed E-state index contributed by atoms with van der Waals surface area (Å²) in [6.07, 6.45) is 0. The minimum atomic E-state index is -0.321. The van der Waals surface area contributed by atoms with Crippen molar-refractivity contribution >= 4 is 22.7 Å². The normalized spacial score (nSPS) is 11.1. The second-order valence-electron chi connectivity index (χ2n) is 4.23. The molecule has 2 N–H and O–H groups in total. The fourth-order valence-electron chi connectivity index (χ4n) is 2.09. The van der Waals surface area contributed by atoms with Gasteiger partial charge in [-0.05, 0) is 17.9 Å². The largest absolute Gasteiger partial charge is 0.494 e. The fourth-order valence-corrected chi connectivity index (χ4v) is 2.98. The van der Waals surface area contributed by atoms with Crippen LogP contribution >= 0.6 is 11.8 Å². The van der Waals surface area contributed by atoms with Crippen molar-refractivity contribution in [3.63, 3.8) is 0 Å². The summed E-state index contributed by atoms with van der Waals surface area (Å²) in [4.78, 5) is 14.5. The molecule has 0 aliphatic heterocycles. The van der Waals surface area contributed by atoms with Crippen molar-refractivity contribution in [2.45, 2.75) is 11.9 Å². The zero-order chi connectivity index (χ0) is 14.1. The highest BCUT2D eigenvalue weighted by molar-refractivity contribution is 7.99. The first-order valence-corrected chi connectivity index (χ1v) is 7.22. The number of pyridine rings is 1. The molecule has 6 heteroatoms. The number of hydrogen-bond acceptors (Lipinski definition) is 4. The Morgan fingerprint density at radius 1 is 1.35 bits per heavy atom. The van der Waals surface area contributed by atoms with Crippen molar-refractivity contribution in [1.29, 1.82) is 0 Å². The van der Waals surface area contributed by atoms with Gasteiger partial charge in [-0.1, -0.05) is 25.1 Å². The van der Waals surface area contributed by atoms with Crippen LogP contribution in [0, 0.1) is 0 Å². The van der Waals surface area contributed by atoms with Gasteiger partial charge in [0.15, 0.2) is 5.88 Å². The lowest BCUT2D eigenvalue weighted by Crippen LogP contribution is -2.05. The molecule has 1 aromatic carbocycles. The van der Waals surface area contributed by atoms with Crippen LogP contribution in [0.3, 0.4) is 0 Å². The topological polar surface area (TPSA) is 70.9 Å². The number of aromatic nitrogens is 3. The highest BCUT2D eigenvalue weighted by Crippen LogP contribution is 2.28. The maximum absolute atomic E-state index is 12.1. The Balaban J connectivity index is 2.35. The molecule has 0 aliphatic rings. The third kappa shape index (κ3) is 2.08. The molecule has 0 fully saturated rings. The van der Waals surface area contributed by atoms with Crippen LogP contribution in [0.5, 0.6) is 5.88 Å². The molecule has 5 nitrogen and oxygen atoms in total. The molecule has 0 atom stereocenters. The highest BCUT2D eigenvalue weighted by atomic mass is 32.2. The Hall–Kier alpha value is -2.21. The van der Waals surface area contributed by atoms with E-state index in [1.807, 2.05) is 37.3 Å². The smallest absolute Gasteiger partial charge is 0.262 e. The molecule has 102 valence electrons. The lowest BCUT2D eigenvalue weighted by Gasteiger charge is -2.05. The quantitative estimate of drug-likeness (QED) is 0.726. The third-order valence-electron chi connectivity index (χ3n) is 2.89. The molecular formula is C14H13N3O2S. The molecule has 3 aromatic rings. The van der Waals surface area contributed by atoms with Crippen LogP contribution in [-0.4, -0.2) is 25.6 Å². The van der Waals surface area contributed by atoms with Gasteiger partial charge in [0.25, 0.3) is 5.56 Å². The monoisotopic (exact) mass is 287 g/mol. The van der Waals surface area contributed by atoms with Crippen LogP contribution < -0.4 is 5.56 Å². The number of aromatic hydroxyl groups is 1. The van der Waals surface area contributed by atoms with Gasteiger partial charge in [0.2, 0.25) is 0 Å². The molecule has 0 saturated heterocycles. The summed E-state index contributed by atoms with van der Waals surface area (Å²) >= 11 is 1.55. The second kappa shape index (κ2) is 5.05. The van der Waals surface area contributed by atoms with Crippen LogP contribution in [-0.2, 0) is 0 Å². The van der Waals surface area contributed by atoms with E-state index in [2.05, 4.69) is 10.1 Å². The number of nitrogens with zero attached hydrogens (tertiary/aromatic N) is 2. The van der Waals surface area contributed by atoms with E-state index >= 15 is 0 Å². The molecule has 2 heterocycles. The number of fused-ring (bicyclic) bond motifs is 1. The van der Waals surface area contributed by atoms with Gasteiger partial charge in [-0.3, -0.25) is 9.78 Å². The van der Waals surface area contributed by atoms with E-state index in [-0.39, 0.29) is 11.4 Å². The van der Waals surface area contributed by atoms with Crippen molar-refractivity contribution in [3.05, 3.63) is 46.8 Å². The van der Waals surface area contributed by atoms with Crippen LogP contribution in [0.1, 0.15) is 6.92 Å². The van der Waals surface area contributed by atoms with Crippen LogP contribution in [0.25, 0.3) is 16.6 Å². The number of benzene rings is 1. The first kappa shape index (κ1) is 12.8. The summed E-state index contributed by atoms with van der Waals surface area (Å²) in [6.45, 7) is 2.02. The maximum Gasteiger partial charge on any atom is 0.262 e. The second-order valence-corrected chi connectivity index (χ2v) is 5.48. The van der Waals surface area contributed by atoms with Gasteiger partial charge >= 0.3 is 0 Å². The molecule has 0 spiro atoms. The van der Waals surface area contributed by atoms with Crippen molar-refractivity contribution in [2.75, 3.05) is 5.75 Å². The lowest BCUT2D eigenvalue weighted by molar-refractivity contribution is 0.453. The molecule has 0 saturated carbocycles. The van der Waals surface area contributed by atoms with Gasteiger partial charge in [-0.15, -0.1) is 11.8 Å². The molecule has 20 heavy (non-hydrogen) atoms. The van der Waals surface area contributed by atoms with Crippen LogP contribution in [0.4, 0.5) is 0 Å². The van der Waals surface area contributed by atoms with E-state index < -0.39 is 0 Å². The summed E-state index contributed by atoms with van der Waals surface area (Å²) in [5, 5.41) is 15.2. The lowest BCUT2D eigenvalue weighted by atomic mass is 10.3. The Morgan fingerprint density at radius 3 is 2.80 bits per heavy atom. The highest BCUT2D eigenvalue weighted by Gasteiger charge is 2.16. The predicted octanol–water partition coefficient (Wildman–Crippen LogP) is 2.53. The van der Waals surface area contributed by atoms with E-state index in [0.717, 1.165) is 16.5 Å². The fraction of sp³-hybridized carbons (Fsp3) is 0.143. The SMILES string of the molecule is CCSc1c2c(=O)[nH]c(O)cc2nn1-c1ccccc1. The van der Waals surface area contributed by atoms with Gasteiger partial charge in [-0.25, -0.2) is 4.68 Å². The summed E-state index contributed by atoms with van der Waals surface area (Å²) in [6, 6.07) is 11.1. The molecule has 0 radical (unpaired) electrons. The van der Waals surface area contributed by atoms with Crippen molar-refractivity contribution in [2.24, 2.45) is 0 Å². The van der Waals surface area contributed by atoms with Crippen LogP contribution in [0.2, 0.25) is 0 Å². The van der Waals surface area contributed by atoms with Crippen molar-refractivity contribution in [1.82, 2.24) is 14.8 Å². The number of nitrogens with one attached hydrogen (secondary N) is 1. The maximum atomic E-state index is 12.1. The average Bonchev–Trinajstić information content (AvgIpc) is 2.79. The Morgan fingerprint density at radius 2 is 2.10 bits per heavy atom. The number of hydrogen-bond donors (Lipinski definition) is 2. The van der Waals surface area contributed by atoms with E-state index in [9.17, 15) is 9.90 Å². The first-order chi connectivity index (χ1) is 9.70. The molecule has 3 rings (SSSR count). The summed E-state index contributed by atoms with van der Waals surface area (Å²) in [5.41, 5.74) is 1.06. The molecule has 0 aliphatic carbocycles. The van der Waals surface area contributed by atoms with E-state index in [0.29, 0.717) is 10.9 Å². The average molecular weight is 287 g/mol. The number of para-hydroxylation sites is 1. The summed E-state index contributed by atoms with van der Waals surface area (Å²) in [5.74, 6) is 0.654. The first-order valence-electron chi connectivity index (χ1n) is 6.24. The number of aromatic amines is 1. The molecule has 0 unspecified atom stereocenters. The van der Waals surface area contributed by atoms with E-state index in [1.54, 1.807) is 16.4 Å². The third-order valence-corrected chi connectivity index (χ3v) is 3.83. The predicted molar refractivity (Wildman–Crippen MR) is 79.8 cm³/mol. The van der Waals surface area contributed by atoms with E-state index in [4.69, 9.17) is 0 Å².